The molecule has 1 aromatic heterocycles. The van der Waals surface area contributed by atoms with Gasteiger partial charge in [-0.3, -0.25) is 4.79 Å². The number of alkyl halides is 1. The van der Waals surface area contributed by atoms with Crippen LogP contribution in [0.25, 0.3) is 0 Å². The van der Waals surface area contributed by atoms with E-state index in [1.807, 2.05) is 11.4 Å². The summed E-state index contributed by atoms with van der Waals surface area (Å²) in [4.78, 5) is 13.5. The average molecular weight is 299 g/mol. The lowest BCUT2D eigenvalue weighted by molar-refractivity contribution is 0.0909. The van der Waals surface area contributed by atoms with E-state index in [1.165, 1.54) is 17.7 Å². The van der Waals surface area contributed by atoms with Crippen molar-refractivity contribution >= 4 is 26.5 Å². The van der Waals surface area contributed by atoms with Gasteiger partial charge in [0.2, 0.25) is 0 Å². The van der Waals surface area contributed by atoms with E-state index in [0.717, 1.165) is 18.4 Å². The van der Waals surface area contributed by atoms with Crippen LogP contribution >= 0.6 is 20.6 Å². The van der Waals surface area contributed by atoms with Gasteiger partial charge in [-0.15, -0.1) is 11.3 Å². The van der Waals surface area contributed by atoms with Crippen molar-refractivity contribution in [1.29, 1.82) is 0 Å². The number of amides is 1. The number of nitrogens with one attached hydrogen (secondary N) is 1. The van der Waals surface area contributed by atoms with E-state index in [-0.39, 0.29) is 11.9 Å². The van der Waals surface area contributed by atoms with Crippen LogP contribution in [-0.2, 0) is 0 Å². The van der Waals surface area contributed by atoms with Gasteiger partial charge in [-0.2, -0.15) is 0 Å². The second-order valence-electron chi connectivity index (χ2n) is 5.79. The molecule has 2 saturated carbocycles. The molecule has 2 aliphatic carbocycles. The molecule has 1 aromatic rings. The normalized spacial score (nSPS) is 31.2. The van der Waals surface area contributed by atoms with E-state index in [0.29, 0.717) is 18.8 Å². The van der Waals surface area contributed by atoms with Gasteiger partial charge in [0, 0.05) is 16.3 Å². The average Bonchev–Trinajstić information content (AvgIpc) is 3.10. The van der Waals surface area contributed by atoms with Gasteiger partial charge in [0.15, 0.2) is 0 Å². The zero-order chi connectivity index (χ0) is 13.5. The number of halogens is 1. The molecule has 0 aliphatic heterocycles. The van der Waals surface area contributed by atoms with Crippen molar-refractivity contribution in [2.75, 3.05) is 0 Å². The first-order valence-electron chi connectivity index (χ1n) is 6.91. The number of carbonyl (C=O) groups excluding carboxylic acids is 1. The molecular weight excluding hydrogens is 280 g/mol. The molecule has 1 N–H and O–H groups in total. The first-order chi connectivity index (χ1) is 9.03. The second kappa shape index (κ2) is 5.14. The summed E-state index contributed by atoms with van der Waals surface area (Å²) in [6.45, 7) is 0. The van der Waals surface area contributed by atoms with Gasteiger partial charge in [-0.05, 0) is 50.5 Å². The van der Waals surface area contributed by atoms with Crippen LogP contribution in [0.2, 0.25) is 0 Å². The maximum Gasteiger partial charge on any atom is 0.252 e. The maximum absolute atomic E-state index is 13.7. The summed E-state index contributed by atoms with van der Waals surface area (Å²) in [6.07, 6.45) is 5.00. The van der Waals surface area contributed by atoms with Crippen molar-refractivity contribution < 1.29 is 9.18 Å². The Hall–Kier alpha value is -0.470. The zero-order valence-corrected chi connectivity index (χ0v) is 12.8. The van der Waals surface area contributed by atoms with Crippen LogP contribution in [0.15, 0.2) is 11.4 Å². The summed E-state index contributed by atoms with van der Waals surface area (Å²) in [5.41, 5.74) is 0.773. The van der Waals surface area contributed by atoms with Gasteiger partial charge >= 0.3 is 0 Å². The van der Waals surface area contributed by atoms with Crippen LogP contribution in [0, 0.1) is 0 Å². The SMILES string of the molecule is O=C(NC1CCC(F)(P)CC1)c1csc(C2CC2)c1. The highest BCUT2D eigenvalue weighted by Crippen LogP contribution is 2.43. The number of thiophene rings is 1. The van der Waals surface area contributed by atoms with E-state index in [4.69, 9.17) is 0 Å². The monoisotopic (exact) mass is 299 g/mol. The summed E-state index contributed by atoms with van der Waals surface area (Å²) in [6, 6.07) is 2.15. The van der Waals surface area contributed by atoms with Crippen LogP contribution < -0.4 is 5.32 Å². The Kier molecular flexibility index (Phi) is 3.65. The van der Waals surface area contributed by atoms with E-state index >= 15 is 0 Å². The minimum Gasteiger partial charge on any atom is -0.349 e. The van der Waals surface area contributed by atoms with Crippen molar-refractivity contribution in [3.05, 3.63) is 21.9 Å². The van der Waals surface area contributed by atoms with Crippen molar-refractivity contribution in [2.24, 2.45) is 0 Å². The first-order valence-corrected chi connectivity index (χ1v) is 8.36. The number of hydrogen-bond donors (Lipinski definition) is 1. The van der Waals surface area contributed by atoms with Crippen LogP contribution in [0.1, 0.15) is 59.7 Å². The van der Waals surface area contributed by atoms with E-state index in [2.05, 4.69) is 14.6 Å². The van der Waals surface area contributed by atoms with Gasteiger partial charge in [0.1, 0.15) is 5.41 Å². The van der Waals surface area contributed by atoms with E-state index in [1.54, 1.807) is 11.3 Å². The molecule has 2 fully saturated rings. The summed E-state index contributed by atoms with van der Waals surface area (Å²) >= 11 is 1.69. The van der Waals surface area contributed by atoms with Crippen LogP contribution in [0.4, 0.5) is 4.39 Å². The van der Waals surface area contributed by atoms with Crippen LogP contribution in [-0.4, -0.2) is 17.4 Å². The third-order valence-corrected chi connectivity index (χ3v) is 5.69. The molecule has 104 valence electrons. The summed E-state index contributed by atoms with van der Waals surface area (Å²) < 4.78 is 13.7. The molecule has 5 heteroatoms. The molecule has 0 bridgehead atoms. The lowest BCUT2D eigenvalue weighted by atomic mass is 9.93. The van der Waals surface area contributed by atoms with E-state index < -0.39 is 5.41 Å². The third-order valence-electron chi connectivity index (χ3n) is 4.01. The predicted molar refractivity (Wildman–Crippen MR) is 79.6 cm³/mol. The molecule has 1 unspecified atom stereocenters. The van der Waals surface area contributed by atoms with Gasteiger partial charge < -0.3 is 5.32 Å². The van der Waals surface area contributed by atoms with Gasteiger partial charge in [-0.1, -0.05) is 9.24 Å². The Balaban J connectivity index is 1.55. The molecule has 1 heterocycles. The van der Waals surface area contributed by atoms with Crippen molar-refractivity contribution in [2.45, 2.75) is 55.9 Å². The Labute approximate surface area is 119 Å². The number of rotatable bonds is 3. The van der Waals surface area contributed by atoms with Gasteiger partial charge in [0.05, 0.1) is 5.56 Å². The molecule has 0 saturated heterocycles. The fourth-order valence-corrected chi connectivity index (χ4v) is 3.96. The minimum absolute atomic E-state index is 0.00302. The number of hydrogen-bond acceptors (Lipinski definition) is 2. The van der Waals surface area contributed by atoms with Crippen LogP contribution in [0.5, 0.6) is 0 Å². The van der Waals surface area contributed by atoms with Crippen molar-refractivity contribution in [3.63, 3.8) is 0 Å². The standard InChI is InChI=1S/C14H19FNOPS/c15-14(18)5-3-11(4-6-14)16-13(17)10-7-12(19-8-10)9-1-2-9/h7-9,11H,1-6,18H2,(H,16,17). The smallest absolute Gasteiger partial charge is 0.252 e. The van der Waals surface area contributed by atoms with Gasteiger partial charge in [-0.25, -0.2) is 4.39 Å². The third kappa shape index (κ3) is 3.35. The maximum atomic E-state index is 13.7. The highest BCUT2D eigenvalue weighted by molar-refractivity contribution is 7.18. The topological polar surface area (TPSA) is 29.1 Å². The largest absolute Gasteiger partial charge is 0.349 e. The van der Waals surface area contributed by atoms with Crippen LogP contribution in [0.3, 0.4) is 0 Å². The highest BCUT2D eigenvalue weighted by atomic mass is 32.1. The molecular formula is C14H19FNOPS. The molecule has 1 atom stereocenters. The Morgan fingerprint density at radius 1 is 1.37 bits per heavy atom. The Morgan fingerprint density at radius 2 is 2.05 bits per heavy atom. The summed E-state index contributed by atoms with van der Waals surface area (Å²) in [5, 5.41) is 3.86. The molecule has 19 heavy (non-hydrogen) atoms. The minimum atomic E-state index is -1.12. The molecule has 1 amide bonds. The second-order valence-corrected chi connectivity index (χ2v) is 7.77. The fourth-order valence-electron chi connectivity index (χ4n) is 2.56. The number of carbonyl (C=O) groups is 1. The highest BCUT2D eigenvalue weighted by Gasteiger charge is 2.32. The van der Waals surface area contributed by atoms with E-state index in [9.17, 15) is 9.18 Å². The zero-order valence-electron chi connectivity index (χ0n) is 10.8. The summed E-state index contributed by atoms with van der Waals surface area (Å²) in [7, 11) is 2.29. The Morgan fingerprint density at radius 3 is 2.68 bits per heavy atom. The van der Waals surface area contributed by atoms with Gasteiger partial charge in [0.25, 0.3) is 5.91 Å². The quantitative estimate of drug-likeness (QED) is 0.844. The van der Waals surface area contributed by atoms with Crippen molar-refractivity contribution in [3.8, 4) is 0 Å². The predicted octanol–water partition coefficient (Wildman–Crippen LogP) is 3.84. The molecule has 0 spiro atoms. The summed E-state index contributed by atoms with van der Waals surface area (Å²) in [5.74, 6) is 0.703. The molecule has 2 nitrogen and oxygen atoms in total. The first kappa shape index (κ1) is 13.5. The lowest BCUT2D eigenvalue weighted by Gasteiger charge is -2.31. The van der Waals surface area contributed by atoms with Crippen molar-refractivity contribution in [1.82, 2.24) is 5.32 Å². The molecule has 2 aliphatic rings. The fraction of sp³-hybridized carbons (Fsp3) is 0.643. The molecule has 0 radical (unpaired) electrons. The Bertz CT molecular complexity index is 474. The lowest BCUT2D eigenvalue weighted by Crippen LogP contribution is -2.39. The molecule has 3 rings (SSSR count). The molecule has 0 aromatic carbocycles.